The molecule has 0 saturated carbocycles. The topological polar surface area (TPSA) is 110 Å². The van der Waals surface area contributed by atoms with E-state index >= 15 is 0 Å². The second kappa shape index (κ2) is 6.20. The van der Waals surface area contributed by atoms with Crippen LogP contribution in [0.4, 0.5) is 5.69 Å². The van der Waals surface area contributed by atoms with E-state index in [1.807, 2.05) is 0 Å². The molecule has 0 radical (unpaired) electrons. The van der Waals surface area contributed by atoms with Gasteiger partial charge in [-0.05, 0) is 37.3 Å². The molecule has 2 aromatic rings. The lowest BCUT2D eigenvalue weighted by Gasteiger charge is -2.21. The Balaban J connectivity index is 1.80. The van der Waals surface area contributed by atoms with Crippen LogP contribution in [-0.2, 0) is 4.79 Å². The van der Waals surface area contributed by atoms with Crippen molar-refractivity contribution in [1.82, 2.24) is 4.90 Å². The van der Waals surface area contributed by atoms with Gasteiger partial charge in [-0.1, -0.05) is 18.2 Å². The molecular weight excluding hydrogens is 322 g/mol. The minimum absolute atomic E-state index is 0.242. The van der Waals surface area contributed by atoms with Gasteiger partial charge in [-0.2, -0.15) is 0 Å². The van der Waals surface area contributed by atoms with Gasteiger partial charge < -0.3 is 11.1 Å². The maximum Gasteiger partial charge on any atom is 0.262 e. The van der Waals surface area contributed by atoms with Crippen molar-refractivity contribution in [3.05, 3.63) is 65.2 Å². The fourth-order valence-electron chi connectivity index (χ4n) is 2.67. The van der Waals surface area contributed by atoms with Crippen molar-refractivity contribution in [3.63, 3.8) is 0 Å². The fraction of sp³-hybridized carbons (Fsp3) is 0.111. The standard InChI is InChI=1S/C18H15N3O4/c1-10(16(23)20-12-6-4-5-11(9-12)15(19)22)21-17(24)13-7-2-3-8-14(13)18(21)25/h2-10H,1H3,(H2,19,22)(H,20,23). The Bertz CT molecular complexity index is 872. The molecule has 0 fully saturated rings. The number of nitrogens with zero attached hydrogens (tertiary/aromatic N) is 1. The van der Waals surface area contributed by atoms with Crippen molar-refractivity contribution in [2.75, 3.05) is 5.32 Å². The quantitative estimate of drug-likeness (QED) is 0.822. The largest absolute Gasteiger partial charge is 0.366 e. The average molecular weight is 337 g/mol. The maximum absolute atomic E-state index is 12.4. The number of primary amides is 1. The van der Waals surface area contributed by atoms with Crippen molar-refractivity contribution in [3.8, 4) is 0 Å². The van der Waals surface area contributed by atoms with E-state index in [0.717, 1.165) is 4.90 Å². The molecule has 0 saturated heterocycles. The molecule has 1 heterocycles. The average Bonchev–Trinajstić information content (AvgIpc) is 2.86. The highest BCUT2D eigenvalue weighted by molar-refractivity contribution is 6.23. The lowest BCUT2D eigenvalue weighted by molar-refractivity contribution is -0.119. The smallest absolute Gasteiger partial charge is 0.262 e. The summed E-state index contributed by atoms with van der Waals surface area (Å²) in [5, 5.41) is 2.59. The van der Waals surface area contributed by atoms with Crippen molar-refractivity contribution >= 4 is 29.3 Å². The fourth-order valence-corrected chi connectivity index (χ4v) is 2.67. The predicted molar refractivity (Wildman–Crippen MR) is 90.0 cm³/mol. The summed E-state index contributed by atoms with van der Waals surface area (Å²) in [7, 11) is 0. The van der Waals surface area contributed by atoms with Crippen LogP contribution in [0.15, 0.2) is 48.5 Å². The lowest BCUT2D eigenvalue weighted by Crippen LogP contribution is -2.45. The van der Waals surface area contributed by atoms with Gasteiger partial charge in [0.1, 0.15) is 6.04 Å². The van der Waals surface area contributed by atoms with Crippen LogP contribution >= 0.6 is 0 Å². The minimum atomic E-state index is -1.01. The summed E-state index contributed by atoms with van der Waals surface area (Å²) in [6, 6.07) is 11.5. The van der Waals surface area contributed by atoms with E-state index in [1.54, 1.807) is 36.4 Å². The third kappa shape index (κ3) is 2.87. The highest BCUT2D eigenvalue weighted by Crippen LogP contribution is 2.25. The monoisotopic (exact) mass is 337 g/mol. The number of nitrogens with two attached hydrogens (primary N) is 1. The number of imide groups is 1. The van der Waals surface area contributed by atoms with Crippen molar-refractivity contribution < 1.29 is 19.2 Å². The zero-order valence-corrected chi connectivity index (χ0v) is 13.4. The number of benzene rings is 2. The van der Waals surface area contributed by atoms with Gasteiger partial charge in [0.2, 0.25) is 11.8 Å². The molecule has 0 bridgehead atoms. The van der Waals surface area contributed by atoms with Crippen LogP contribution in [0.5, 0.6) is 0 Å². The Morgan fingerprint density at radius 3 is 2.16 bits per heavy atom. The number of rotatable bonds is 4. The highest BCUT2D eigenvalue weighted by Gasteiger charge is 2.40. The third-order valence-corrected chi connectivity index (χ3v) is 4.01. The molecule has 7 heteroatoms. The molecule has 126 valence electrons. The van der Waals surface area contributed by atoms with Crippen LogP contribution in [-0.4, -0.2) is 34.6 Å². The van der Waals surface area contributed by atoms with Crippen molar-refractivity contribution in [2.45, 2.75) is 13.0 Å². The van der Waals surface area contributed by atoms with Crippen LogP contribution in [0.1, 0.15) is 38.0 Å². The van der Waals surface area contributed by atoms with Crippen LogP contribution in [0.25, 0.3) is 0 Å². The molecule has 3 rings (SSSR count). The number of amides is 4. The molecule has 3 N–H and O–H groups in total. The number of fused-ring (bicyclic) bond motifs is 1. The first-order valence-electron chi connectivity index (χ1n) is 7.58. The first-order chi connectivity index (χ1) is 11.9. The van der Waals surface area contributed by atoms with Crippen LogP contribution in [0.3, 0.4) is 0 Å². The van der Waals surface area contributed by atoms with Gasteiger partial charge in [0.15, 0.2) is 0 Å². The van der Waals surface area contributed by atoms with E-state index in [9.17, 15) is 19.2 Å². The van der Waals surface area contributed by atoms with E-state index in [-0.39, 0.29) is 16.7 Å². The van der Waals surface area contributed by atoms with Crippen molar-refractivity contribution in [2.24, 2.45) is 5.73 Å². The molecule has 1 unspecified atom stereocenters. The van der Waals surface area contributed by atoms with E-state index in [2.05, 4.69) is 5.32 Å². The van der Waals surface area contributed by atoms with Crippen LogP contribution in [0.2, 0.25) is 0 Å². The number of nitrogens with one attached hydrogen (secondary N) is 1. The maximum atomic E-state index is 12.4. The van der Waals surface area contributed by atoms with Gasteiger partial charge in [-0.3, -0.25) is 24.1 Å². The normalized spacial score (nSPS) is 14.2. The molecule has 1 aliphatic rings. The molecule has 1 atom stereocenters. The molecule has 1 aliphatic heterocycles. The van der Waals surface area contributed by atoms with Crippen LogP contribution < -0.4 is 11.1 Å². The number of anilines is 1. The Labute approximate surface area is 143 Å². The van der Waals surface area contributed by atoms with E-state index in [4.69, 9.17) is 5.73 Å². The Morgan fingerprint density at radius 2 is 1.60 bits per heavy atom. The Hall–Kier alpha value is -3.48. The first-order valence-corrected chi connectivity index (χ1v) is 7.58. The summed E-state index contributed by atoms with van der Waals surface area (Å²) in [5.41, 5.74) is 6.36. The van der Waals surface area contributed by atoms with Gasteiger partial charge in [0, 0.05) is 11.3 Å². The minimum Gasteiger partial charge on any atom is -0.366 e. The van der Waals surface area contributed by atoms with Gasteiger partial charge >= 0.3 is 0 Å². The first kappa shape index (κ1) is 16.4. The van der Waals surface area contributed by atoms with Crippen molar-refractivity contribution in [1.29, 1.82) is 0 Å². The van der Waals surface area contributed by atoms with E-state index in [0.29, 0.717) is 5.69 Å². The zero-order valence-electron chi connectivity index (χ0n) is 13.4. The molecule has 7 nitrogen and oxygen atoms in total. The van der Waals surface area contributed by atoms with Gasteiger partial charge in [-0.25, -0.2) is 0 Å². The summed E-state index contributed by atoms with van der Waals surface area (Å²) in [5.74, 6) is -2.18. The second-order valence-electron chi connectivity index (χ2n) is 5.64. The summed E-state index contributed by atoms with van der Waals surface area (Å²) in [4.78, 5) is 49.4. The zero-order chi connectivity index (χ0) is 18.1. The summed E-state index contributed by atoms with van der Waals surface area (Å²) in [6.45, 7) is 1.47. The SMILES string of the molecule is CC(C(=O)Nc1cccc(C(N)=O)c1)N1C(=O)c2ccccc2C1=O. The number of carbonyl (C=O) groups excluding carboxylic acids is 4. The summed E-state index contributed by atoms with van der Waals surface area (Å²) < 4.78 is 0. The predicted octanol–water partition coefficient (Wildman–Crippen LogP) is 1.41. The molecule has 25 heavy (non-hydrogen) atoms. The molecule has 0 aliphatic carbocycles. The molecule has 0 aromatic heterocycles. The lowest BCUT2D eigenvalue weighted by atomic mass is 10.1. The number of carbonyl (C=O) groups is 4. The molecule has 0 spiro atoms. The van der Waals surface area contributed by atoms with Crippen LogP contribution in [0, 0.1) is 0 Å². The van der Waals surface area contributed by atoms with Gasteiger partial charge in [0.25, 0.3) is 11.8 Å². The third-order valence-electron chi connectivity index (χ3n) is 4.01. The molecular formula is C18H15N3O4. The van der Waals surface area contributed by atoms with Gasteiger partial charge in [0.05, 0.1) is 11.1 Å². The van der Waals surface area contributed by atoms with E-state index < -0.39 is 29.7 Å². The van der Waals surface area contributed by atoms with Gasteiger partial charge in [-0.15, -0.1) is 0 Å². The Morgan fingerprint density at radius 1 is 1.00 bits per heavy atom. The molecule has 2 aromatic carbocycles. The highest BCUT2D eigenvalue weighted by atomic mass is 16.2. The summed E-state index contributed by atoms with van der Waals surface area (Å²) >= 11 is 0. The summed E-state index contributed by atoms with van der Waals surface area (Å²) in [6.07, 6.45) is 0. The number of hydrogen-bond acceptors (Lipinski definition) is 4. The number of hydrogen-bond donors (Lipinski definition) is 2. The van der Waals surface area contributed by atoms with E-state index in [1.165, 1.54) is 19.1 Å². The second-order valence-corrected chi connectivity index (χ2v) is 5.64. The Kier molecular flexibility index (Phi) is 4.06. The molecule has 4 amide bonds.